The molecule has 0 N–H and O–H groups in total. The number of hydrogen-bond acceptors (Lipinski definition) is 2. The molecule has 0 spiro atoms. The maximum atomic E-state index is 4.42. The van der Waals surface area contributed by atoms with Gasteiger partial charge in [-0.25, -0.2) is 0 Å². The third kappa shape index (κ3) is 1.07. The molecule has 2 unspecified atom stereocenters. The average molecular weight is 162 g/mol. The Kier molecular flexibility index (Phi) is 1.75. The molecule has 0 amide bonds. The van der Waals surface area contributed by atoms with Crippen molar-refractivity contribution in [3.8, 4) is 0 Å². The Hall–Kier alpha value is -1.05. The highest BCUT2D eigenvalue weighted by atomic mass is 15.3. The number of nitrogens with zero attached hydrogens (tertiary/aromatic N) is 2. The predicted molar refractivity (Wildman–Crippen MR) is 51.3 cm³/mol. The zero-order valence-corrected chi connectivity index (χ0v) is 7.51. The van der Waals surface area contributed by atoms with Gasteiger partial charge in [-0.1, -0.05) is 24.3 Å². The highest BCUT2D eigenvalue weighted by Crippen LogP contribution is 2.21. The fourth-order valence-electron chi connectivity index (χ4n) is 1.71. The summed E-state index contributed by atoms with van der Waals surface area (Å²) in [6, 6.07) is 1.37. The lowest BCUT2D eigenvalue weighted by molar-refractivity contribution is 0.318. The number of allylic oxidation sites excluding steroid dienone is 2. The van der Waals surface area contributed by atoms with Gasteiger partial charge in [0.25, 0.3) is 0 Å². The van der Waals surface area contributed by atoms with E-state index in [0.717, 1.165) is 0 Å². The van der Waals surface area contributed by atoms with Crippen LogP contribution in [0, 0.1) is 0 Å². The Morgan fingerprint density at radius 1 is 1.25 bits per heavy atom. The summed E-state index contributed by atoms with van der Waals surface area (Å²) in [5.74, 6) is 0. The van der Waals surface area contributed by atoms with E-state index in [2.05, 4.69) is 48.0 Å². The second kappa shape index (κ2) is 2.77. The molecule has 0 saturated heterocycles. The van der Waals surface area contributed by atoms with E-state index in [-0.39, 0.29) is 0 Å². The molecule has 2 rings (SSSR count). The SMILES string of the molecule is CC(C)N1C=NC2C=CC=CC21. The monoisotopic (exact) mass is 162 g/mol. The van der Waals surface area contributed by atoms with E-state index >= 15 is 0 Å². The molecule has 1 heterocycles. The van der Waals surface area contributed by atoms with Crippen molar-refractivity contribution in [2.75, 3.05) is 0 Å². The minimum absolute atomic E-state index is 0.359. The van der Waals surface area contributed by atoms with Crippen molar-refractivity contribution in [2.24, 2.45) is 4.99 Å². The maximum absolute atomic E-state index is 4.42. The lowest BCUT2D eigenvalue weighted by Gasteiger charge is -2.28. The largest absolute Gasteiger partial charge is 0.352 e. The molecule has 0 bridgehead atoms. The van der Waals surface area contributed by atoms with E-state index in [0.29, 0.717) is 18.1 Å². The van der Waals surface area contributed by atoms with Crippen LogP contribution in [0.5, 0.6) is 0 Å². The minimum Gasteiger partial charge on any atom is -0.352 e. The van der Waals surface area contributed by atoms with Crippen molar-refractivity contribution in [1.29, 1.82) is 0 Å². The van der Waals surface area contributed by atoms with Crippen molar-refractivity contribution in [1.82, 2.24) is 4.90 Å². The number of fused-ring (bicyclic) bond motifs is 1. The Morgan fingerprint density at radius 3 is 2.75 bits per heavy atom. The van der Waals surface area contributed by atoms with Crippen LogP contribution in [-0.2, 0) is 0 Å². The Bertz CT molecular complexity index is 251. The first kappa shape index (κ1) is 7.59. The average Bonchev–Trinajstić information content (AvgIpc) is 2.47. The molecule has 2 atom stereocenters. The van der Waals surface area contributed by atoms with Crippen molar-refractivity contribution in [3.05, 3.63) is 24.3 Å². The van der Waals surface area contributed by atoms with Gasteiger partial charge in [0.2, 0.25) is 0 Å². The fourth-order valence-corrected chi connectivity index (χ4v) is 1.71. The van der Waals surface area contributed by atoms with Crippen LogP contribution >= 0.6 is 0 Å². The van der Waals surface area contributed by atoms with E-state index in [1.54, 1.807) is 0 Å². The first-order valence-corrected chi connectivity index (χ1v) is 4.45. The smallest absolute Gasteiger partial charge is 0.0940 e. The second-order valence-electron chi connectivity index (χ2n) is 3.56. The van der Waals surface area contributed by atoms with Gasteiger partial charge in [-0.05, 0) is 13.8 Å². The second-order valence-corrected chi connectivity index (χ2v) is 3.56. The summed E-state index contributed by atoms with van der Waals surface area (Å²) in [6.45, 7) is 4.39. The maximum Gasteiger partial charge on any atom is 0.0940 e. The van der Waals surface area contributed by atoms with Crippen molar-refractivity contribution in [3.63, 3.8) is 0 Å². The lowest BCUT2D eigenvalue weighted by atomic mass is 10.0. The summed E-state index contributed by atoms with van der Waals surface area (Å²) < 4.78 is 0. The first-order valence-electron chi connectivity index (χ1n) is 4.45. The van der Waals surface area contributed by atoms with Gasteiger partial charge in [0.15, 0.2) is 0 Å². The molecule has 0 fully saturated rings. The zero-order chi connectivity index (χ0) is 8.55. The highest BCUT2D eigenvalue weighted by molar-refractivity contribution is 5.61. The van der Waals surface area contributed by atoms with E-state index < -0.39 is 0 Å². The molecule has 64 valence electrons. The van der Waals surface area contributed by atoms with Crippen LogP contribution in [0.25, 0.3) is 0 Å². The van der Waals surface area contributed by atoms with E-state index in [9.17, 15) is 0 Å². The van der Waals surface area contributed by atoms with Gasteiger partial charge in [-0.2, -0.15) is 0 Å². The van der Waals surface area contributed by atoms with Crippen molar-refractivity contribution >= 4 is 6.34 Å². The summed E-state index contributed by atoms with van der Waals surface area (Å²) in [7, 11) is 0. The van der Waals surface area contributed by atoms with Crippen molar-refractivity contribution < 1.29 is 0 Å². The molecule has 1 aliphatic heterocycles. The molecule has 12 heavy (non-hydrogen) atoms. The van der Waals surface area contributed by atoms with Crippen LogP contribution in [0.1, 0.15) is 13.8 Å². The van der Waals surface area contributed by atoms with Gasteiger partial charge >= 0.3 is 0 Å². The Morgan fingerprint density at radius 2 is 2.00 bits per heavy atom. The summed E-state index contributed by atoms with van der Waals surface area (Å²) in [5, 5.41) is 0. The summed E-state index contributed by atoms with van der Waals surface area (Å²) in [5.41, 5.74) is 0. The van der Waals surface area contributed by atoms with Gasteiger partial charge in [0, 0.05) is 6.04 Å². The van der Waals surface area contributed by atoms with Gasteiger partial charge < -0.3 is 4.90 Å². The summed E-state index contributed by atoms with van der Waals surface area (Å²) in [4.78, 5) is 6.72. The molecule has 0 aromatic carbocycles. The number of aliphatic imine (C=N–C) groups is 1. The van der Waals surface area contributed by atoms with Crippen LogP contribution in [0.3, 0.4) is 0 Å². The number of hydrogen-bond donors (Lipinski definition) is 0. The zero-order valence-electron chi connectivity index (χ0n) is 7.51. The van der Waals surface area contributed by atoms with E-state index in [4.69, 9.17) is 0 Å². The normalized spacial score (nSPS) is 31.8. The molecule has 2 heteroatoms. The van der Waals surface area contributed by atoms with Crippen LogP contribution in [0.15, 0.2) is 29.3 Å². The van der Waals surface area contributed by atoms with E-state index in [1.807, 2.05) is 6.34 Å². The molecule has 2 nitrogen and oxygen atoms in total. The van der Waals surface area contributed by atoms with Gasteiger partial charge in [-0.3, -0.25) is 4.99 Å². The third-order valence-corrected chi connectivity index (χ3v) is 2.39. The van der Waals surface area contributed by atoms with Crippen LogP contribution in [-0.4, -0.2) is 29.4 Å². The molecular formula is C10H14N2. The predicted octanol–water partition coefficient (Wildman–Crippen LogP) is 1.60. The highest BCUT2D eigenvalue weighted by Gasteiger charge is 2.28. The van der Waals surface area contributed by atoms with Crippen LogP contribution in [0.2, 0.25) is 0 Å². The van der Waals surface area contributed by atoms with Gasteiger partial charge in [0.05, 0.1) is 18.4 Å². The molecule has 0 saturated carbocycles. The molecule has 0 aromatic heterocycles. The van der Waals surface area contributed by atoms with Crippen LogP contribution < -0.4 is 0 Å². The third-order valence-electron chi connectivity index (χ3n) is 2.39. The summed E-state index contributed by atoms with van der Waals surface area (Å²) >= 11 is 0. The molecule has 1 aliphatic carbocycles. The molecular weight excluding hydrogens is 148 g/mol. The van der Waals surface area contributed by atoms with Gasteiger partial charge in [-0.15, -0.1) is 0 Å². The first-order chi connectivity index (χ1) is 5.79. The van der Waals surface area contributed by atoms with E-state index in [1.165, 1.54) is 0 Å². The molecule has 0 aromatic rings. The molecule has 2 aliphatic rings. The Balaban J connectivity index is 2.18. The molecule has 0 radical (unpaired) electrons. The quantitative estimate of drug-likeness (QED) is 0.572. The lowest BCUT2D eigenvalue weighted by Crippen LogP contribution is -2.39. The standard InChI is InChI=1S/C10H14N2/c1-8(2)12-7-11-9-5-3-4-6-10(9)12/h3-10H,1-2H3. The number of rotatable bonds is 1. The fraction of sp³-hybridized carbons (Fsp3) is 0.500. The Labute approximate surface area is 73.3 Å². The summed E-state index contributed by atoms with van der Waals surface area (Å²) in [6.07, 6.45) is 10.5. The van der Waals surface area contributed by atoms with Crippen molar-refractivity contribution in [2.45, 2.75) is 32.0 Å². The minimum atomic E-state index is 0.359. The topological polar surface area (TPSA) is 15.6 Å². The van der Waals surface area contributed by atoms with Crippen LogP contribution in [0.4, 0.5) is 0 Å². The van der Waals surface area contributed by atoms with Gasteiger partial charge in [0.1, 0.15) is 0 Å².